The van der Waals surface area contributed by atoms with Gasteiger partial charge in [0, 0.05) is 6.54 Å². The van der Waals surface area contributed by atoms with E-state index in [-0.39, 0.29) is 5.75 Å². The van der Waals surface area contributed by atoms with Crippen molar-refractivity contribution in [2.75, 3.05) is 5.32 Å². The smallest absolute Gasteiger partial charge is 0.165 e. The number of halogens is 1. The third kappa shape index (κ3) is 2.97. The van der Waals surface area contributed by atoms with Crippen molar-refractivity contribution in [2.24, 2.45) is 0 Å². The van der Waals surface area contributed by atoms with E-state index in [1.165, 1.54) is 18.5 Å². The van der Waals surface area contributed by atoms with Crippen LogP contribution in [0.1, 0.15) is 5.56 Å². The van der Waals surface area contributed by atoms with Gasteiger partial charge in [0.1, 0.15) is 12.7 Å². The van der Waals surface area contributed by atoms with Crippen molar-refractivity contribution >= 4 is 5.69 Å². The molecule has 0 radical (unpaired) electrons. The molecule has 1 aromatic carbocycles. The molecule has 7 heteroatoms. The van der Waals surface area contributed by atoms with Crippen molar-refractivity contribution in [3.05, 3.63) is 60.6 Å². The molecule has 3 aromatic rings. The van der Waals surface area contributed by atoms with E-state index in [0.717, 1.165) is 11.3 Å². The third-order valence-corrected chi connectivity index (χ3v) is 2.91. The molecule has 0 aliphatic rings. The lowest BCUT2D eigenvalue weighted by atomic mass is 10.2. The summed E-state index contributed by atoms with van der Waals surface area (Å²) in [6, 6.07) is 7.93. The quantitative estimate of drug-likeness (QED) is 0.768. The zero-order chi connectivity index (χ0) is 14.7. The molecule has 106 valence electrons. The summed E-state index contributed by atoms with van der Waals surface area (Å²) < 4.78 is 14.8. The highest BCUT2D eigenvalue weighted by Crippen LogP contribution is 2.17. The van der Waals surface area contributed by atoms with Crippen LogP contribution in [0.25, 0.3) is 5.82 Å². The first-order valence-electron chi connectivity index (χ1n) is 6.25. The van der Waals surface area contributed by atoms with E-state index in [2.05, 4.69) is 20.4 Å². The van der Waals surface area contributed by atoms with Crippen LogP contribution in [0.5, 0.6) is 5.75 Å². The van der Waals surface area contributed by atoms with Crippen molar-refractivity contribution in [3.8, 4) is 11.6 Å². The molecular weight excluding hydrogens is 273 g/mol. The van der Waals surface area contributed by atoms with Gasteiger partial charge in [0.25, 0.3) is 0 Å². The number of aromatic hydroxyl groups is 1. The van der Waals surface area contributed by atoms with Gasteiger partial charge in [-0.1, -0.05) is 6.07 Å². The molecule has 2 N–H and O–H groups in total. The number of benzene rings is 1. The Balaban J connectivity index is 1.66. The Morgan fingerprint density at radius 2 is 2.14 bits per heavy atom. The predicted molar refractivity (Wildman–Crippen MR) is 74.5 cm³/mol. The SMILES string of the molecule is Oc1ccc(CNc2ccc(-n3cncn3)nc2)cc1F. The summed E-state index contributed by atoms with van der Waals surface area (Å²) in [7, 11) is 0. The number of rotatable bonds is 4. The monoisotopic (exact) mass is 285 g/mol. The number of hydrogen-bond donors (Lipinski definition) is 2. The molecule has 21 heavy (non-hydrogen) atoms. The van der Waals surface area contributed by atoms with Gasteiger partial charge in [-0.25, -0.2) is 19.0 Å². The van der Waals surface area contributed by atoms with E-state index in [4.69, 9.17) is 5.11 Å². The first-order valence-corrected chi connectivity index (χ1v) is 6.25. The Morgan fingerprint density at radius 1 is 1.24 bits per heavy atom. The fourth-order valence-corrected chi connectivity index (χ4v) is 1.82. The number of nitrogens with zero attached hydrogens (tertiary/aromatic N) is 4. The van der Waals surface area contributed by atoms with Crippen LogP contribution in [0.3, 0.4) is 0 Å². The minimum absolute atomic E-state index is 0.349. The fourth-order valence-electron chi connectivity index (χ4n) is 1.82. The second kappa shape index (κ2) is 5.58. The molecule has 0 aliphatic carbocycles. The summed E-state index contributed by atoms with van der Waals surface area (Å²) in [5.41, 5.74) is 1.53. The summed E-state index contributed by atoms with van der Waals surface area (Å²) in [6.45, 7) is 0.432. The van der Waals surface area contributed by atoms with Crippen LogP contribution < -0.4 is 5.32 Å². The van der Waals surface area contributed by atoms with Crippen LogP contribution in [0.2, 0.25) is 0 Å². The molecule has 0 atom stereocenters. The Morgan fingerprint density at radius 3 is 2.81 bits per heavy atom. The van der Waals surface area contributed by atoms with Crippen LogP contribution in [-0.4, -0.2) is 24.9 Å². The summed E-state index contributed by atoms with van der Waals surface area (Å²) in [5.74, 6) is -0.319. The van der Waals surface area contributed by atoms with Crippen LogP contribution in [0.4, 0.5) is 10.1 Å². The minimum Gasteiger partial charge on any atom is -0.505 e. The molecule has 0 spiro atoms. The number of aromatic nitrogens is 4. The van der Waals surface area contributed by atoms with Gasteiger partial charge in [-0.3, -0.25) is 0 Å². The van der Waals surface area contributed by atoms with Crippen LogP contribution in [0, 0.1) is 5.82 Å². The Kier molecular flexibility index (Phi) is 3.46. The number of anilines is 1. The second-order valence-corrected chi connectivity index (χ2v) is 4.38. The highest BCUT2D eigenvalue weighted by Gasteiger charge is 2.02. The van der Waals surface area contributed by atoms with E-state index in [1.54, 1.807) is 29.3 Å². The van der Waals surface area contributed by atoms with E-state index in [9.17, 15) is 4.39 Å². The number of nitrogens with one attached hydrogen (secondary N) is 1. The molecule has 2 aromatic heterocycles. The van der Waals surface area contributed by atoms with E-state index < -0.39 is 5.82 Å². The van der Waals surface area contributed by atoms with Crippen LogP contribution >= 0.6 is 0 Å². The highest BCUT2D eigenvalue weighted by molar-refractivity contribution is 5.44. The van der Waals surface area contributed by atoms with Gasteiger partial charge in [-0.2, -0.15) is 5.10 Å². The number of hydrogen-bond acceptors (Lipinski definition) is 5. The number of phenolic OH excluding ortho intramolecular Hbond substituents is 1. The molecule has 0 bridgehead atoms. The van der Waals surface area contributed by atoms with Gasteiger partial charge in [-0.15, -0.1) is 0 Å². The summed E-state index contributed by atoms with van der Waals surface area (Å²) in [4.78, 5) is 8.10. The zero-order valence-corrected chi connectivity index (χ0v) is 10.9. The summed E-state index contributed by atoms with van der Waals surface area (Å²) >= 11 is 0. The predicted octanol–water partition coefficient (Wildman–Crippen LogP) is 2.12. The van der Waals surface area contributed by atoms with Gasteiger partial charge in [0.15, 0.2) is 17.4 Å². The van der Waals surface area contributed by atoms with E-state index in [1.807, 2.05) is 6.07 Å². The fraction of sp³-hybridized carbons (Fsp3) is 0.0714. The molecule has 0 saturated heterocycles. The zero-order valence-electron chi connectivity index (χ0n) is 10.9. The molecule has 0 unspecified atom stereocenters. The third-order valence-electron chi connectivity index (χ3n) is 2.91. The lowest BCUT2D eigenvalue weighted by molar-refractivity contribution is 0.432. The Bertz CT molecular complexity index is 728. The van der Waals surface area contributed by atoms with Gasteiger partial charge in [0.2, 0.25) is 0 Å². The minimum atomic E-state index is -0.631. The lowest BCUT2D eigenvalue weighted by Gasteiger charge is -2.07. The molecule has 3 rings (SSSR count). The second-order valence-electron chi connectivity index (χ2n) is 4.38. The molecule has 0 amide bonds. The number of phenols is 1. The van der Waals surface area contributed by atoms with Crippen molar-refractivity contribution < 1.29 is 9.50 Å². The molecule has 2 heterocycles. The number of pyridine rings is 1. The largest absolute Gasteiger partial charge is 0.505 e. The molecule has 0 aliphatic heterocycles. The average molecular weight is 285 g/mol. The van der Waals surface area contributed by atoms with Crippen molar-refractivity contribution in [1.82, 2.24) is 19.7 Å². The topological polar surface area (TPSA) is 75.9 Å². The average Bonchev–Trinajstić information content (AvgIpc) is 3.03. The van der Waals surface area contributed by atoms with Crippen molar-refractivity contribution in [1.29, 1.82) is 0 Å². The van der Waals surface area contributed by atoms with Crippen LogP contribution in [0.15, 0.2) is 49.2 Å². The van der Waals surface area contributed by atoms with E-state index >= 15 is 0 Å². The molecule has 6 nitrogen and oxygen atoms in total. The molecule has 0 saturated carbocycles. The summed E-state index contributed by atoms with van der Waals surface area (Å²) in [6.07, 6.45) is 4.66. The standard InChI is InChI=1S/C14H12FN5O/c15-12-5-10(1-3-13(12)21)6-17-11-2-4-14(18-7-11)20-9-16-8-19-20/h1-5,7-9,17,21H,6H2. The van der Waals surface area contributed by atoms with Crippen LogP contribution in [-0.2, 0) is 6.54 Å². The first kappa shape index (κ1) is 13.0. The van der Waals surface area contributed by atoms with Gasteiger partial charge >= 0.3 is 0 Å². The van der Waals surface area contributed by atoms with Gasteiger partial charge in [-0.05, 0) is 29.8 Å². The Labute approximate surface area is 119 Å². The maximum atomic E-state index is 13.2. The van der Waals surface area contributed by atoms with Crippen molar-refractivity contribution in [2.45, 2.75) is 6.54 Å². The lowest BCUT2D eigenvalue weighted by Crippen LogP contribution is -2.02. The Hall–Kier alpha value is -2.96. The maximum absolute atomic E-state index is 13.2. The first-order chi connectivity index (χ1) is 10.2. The normalized spacial score (nSPS) is 10.5. The maximum Gasteiger partial charge on any atom is 0.165 e. The van der Waals surface area contributed by atoms with Gasteiger partial charge < -0.3 is 10.4 Å². The molecule has 0 fully saturated rings. The highest BCUT2D eigenvalue weighted by atomic mass is 19.1. The van der Waals surface area contributed by atoms with Crippen molar-refractivity contribution in [3.63, 3.8) is 0 Å². The van der Waals surface area contributed by atoms with Gasteiger partial charge in [0.05, 0.1) is 11.9 Å². The van der Waals surface area contributed by atoms with E-state index in [0.29, 0.717) is 12.4 Å². The summed E-state index contributed by atoms with van der Waals surface area (Å²) in [5, 5.41) is 16.2. The molecular formula is C14H12FN5O.